The zero-order chi connectivity index (χ0) is 17.1. The first-order chi connectivity index (χ1) is 11.5. The normalized spacial score (nSPS) is 11.9. The van der Waals surface area contributed by atoms with Gasteiger partial charge in [0.2, 0.25) is 0 Å². The highest BCUT2D eigenvalue weighted by molar-refractivity contribution is 5.98. The van der Waals surface area contributed by atoms with Crippen LogP contribution in [-0.2, 0) is 9.53 Å². The van der Waals surface area contributed by atoms with E-state index in [0.717, 1.165) is 10.9 Å². The van der Waals surface area contributed by atoms with Gasteiger partial charge in [-0.25, -0.2) is 9.18 Å². The number of benzene rings is 2. The van der Waals surface area contributed by atoms with Crippen LogP contribution in [-0.4, -0.2) is 23.0 Å². The molecule has 0 saturated carbocycles. The Morgan fingerprint density at radius 1 is 1.12 bits per heavy atom. The number of rotatable bonds is 4. The Morgan fingerprint density at radius 3 is 2.67 bits per heavy atom. The second-order valence-corrected chi connectivity index (χ2v) is 5.32. The lowest BCUT2D eigenvalue weighted by molar-refractivity contribution is -0.123. The summed E-state index contributed by atoms with van der Waals surface area (Å²) in [6.07, 6.45) is -1.02. The highest BCUT2D eigenvalue weighted by Gasteiger charge is 2.20. The minimum atomic E-state index is -1.02. The number of amides is 1. The second-order valence-electron chi connectivity index (χ2n) is 5.32. The average molecular weight is 326 g/mol. The number of halogens is 1. The predicted molar refractivity (Wildman–Crippen MR) is 88.2 cm³/mol. The minimum Gasteiger partial charge on any atom is -0.448 e. The molecule has 0 bridgehead atoms. The van der Waals surface area contributed by atoms with Crippen LogP contribution in [0.15, 0.2) is 54.6 Å². The summed E-state index contributed by atoms with van der Waals surface area (Å²) in [5.41, 5.74) is 1.37. The molecule has 1 aromatic heterocycles. The van der Waals surface area contributed by atoms with Crippen molar-refractivity contribution in [2.75, 3.05) is 5.32 Å². The molecular weight excluding hydrogens is 311 g/mol. The van der Waals surface area contributed by atoms with Crippen LogP contribution in [0, 0.1) is 5.82 Å². The van der Waals surface area contributed by atoms with Crippen molar-refractivity contribution >= 4 is 28.5 Å². The first-order valence-electron chi connectivity index (χ1n) is 7.38. The van der Waals surface area contributed by atoms with E-state index in [0.29, 0.717) is 5.69 Å². The maximum atomic E-state index is 13.1. The molecule has 2 N–H and O–H groups in total. The monoisotopic (exact) mass is 326 g/mol. The van der Waals surface area contributed by atoms with Crippen LogP contribution in [0.5, 0.6) is 0 Å². The Hall–Kier alpha value is -3.15. The van der Waals surface area contributed by atoms with Gasteiger partial charge >= 0.3 is 5.97 Å². The molecule has 3 aromatic rings. The third-order valence-corrected chi connectivity index (χ3v) is 3.50. The molecule has 0 fully saturated rings. The van der Waals surface area contributed by atoms with Gasteiger partial charge in [0.15, 0.2) is 6.10 Å². The lowest BCUT2D eigenvalue weighted by atomic mass is 10.2. The van der Waals surface area contributed by atoms with Crippen molar-refractivity contribution < 1.29 is 18.7 Å². The van der Waals surface area contributed by atoms with Crippen molar-refractivity contribution in [1.29, 1.82) is 0 Å². The van der Waals surface area contributed by atoms with E-state index < -0.39 is 23.8 Å². The summed E-state index contributed by atoms with van der Waals surface area (Å²) >= 11 is 0. The molecule has 1 atom stereocenters. The molecule has 0 unspecified atom stereocenters. The van der Waals surface area contributed by atoms with Crippen molar-refractivity contribution in [1.82, 2.24) is 4.98 Å². The number of hydrogen-bond acceptors (Lipinski definition) is 3. The van der Waals surface area contributed by atoms with Gasteiger partial charge in [0.1, 0.15) is 11.5 Å². The van der Waals surface area contributed by atoms with E-state index in [2.05, 4.69) is 10.3 Å². The maximum Gasteiger partial charge on any atom is 0.355 e. The molecule has 5 nitrogen and oxygen atoms in total. The topological polar surface area (TPSA) is 71.2 Å². The average Bonchev–Trinajstić information content (AvgIpc) is 2.99. The van der Waals surface area contributed by atoms with E-state index in [1.165, 1.54) is 25.1 Å². The standard InChI is InChI=1S/C18H15FN2O3/c1-11(17(22)20-14-7-4-6-13(19)10-14)24-18(23)16-9-12-5-2-3-8-15(12)21-16/h2-11,21H,1H3,(H,20,22)/t11-/m1/s1. The van der Waals surface area contributed by atoms with Gasteiger partial charge in [-0.05, 0) is 37.3 Å². The van der Waals surface area contributed by atoms with Gasteiger partial charge < -0.3 is 15.0 Å². The third-order valence-electron chi connectivity index (χ3n) is 3.50. The molecule has 0 saturated heterocycles. The molecule has 1 heterocycles. The van der Waals surface area contributed by atoms with Gasteiger partial charge in [0.05, 0.1) is 0 Å². The van der Waals surface area contributed by atoms with Crippen LogP contribution in [0.2, 0.25) is 0 Å². The number of hydrogen-bond donors (Lipinski definition) is 2. The van der Waals surface area contributed by atoms with Crippen LogP contribution in [0.3, 0.4) is 0 Å². The summed E-state index contributed by atoms with van der Waals surface area (Å²) in [6, 6.07) is 14.6. The van der Waals surface area contributed by atoms with E-state index >= 15 is 0 Å². The predicted octanol–water partition coefficient (Wildman–Crippen LogP) is 3.49. The smallest absolute Gasteiger partial charge is 0.355 e. The fourth-order valence-electron chi connectivity index (χ4n) is 2.27. The van der Waals surface area contributed by atoms with Crippen molar-refractivity contribution in [2.24, 2.45) is 0 Å². The van der Waals surface area contributed by atoms with Crippen molar-refractivity contribution in [3.63, 3.8) is 0 Å². The number of anilines is 1. The lowest BCUT2D eigenvalue weighted by Crippen LogP contribution is -2.30. The van der Waals surface area contributed by atoms with Gasteiger partial charge in [0, 0.05) is 16.6 Å². The Labute approximate surface area is 137 Å². The van der Waals surface area contributed by atoms with Gasteiger partial charge in [-0.3, -0.25) is 4.79 Å². The van der Waals surface area contributed by atoms with E-state index in [1.807, 2.05) is 24.3 Å². The highest BCUT2D eigenvalue weighted by atomic mass is 19.1. The quantitative estimate of drug-likeness (QED) is 0.721. The van der Waals surface area contributed by atoms with E-state index in [4.69, 9.17) is 4.74 Å². The van der Waals surface area contributed by atoms with Crippen LogP contribution in [0.25, 0.3) is 10.9 Å². The summed E-state index contributed by atoms with van der Waals surface area (Å²) < 4.78 is 18.3. The molecule has 2 aromatic carbocycles. The Kier molecular flexibility index (Phi) is 4.29. The number of fused-ring (bicyclic) bond motifs is 1. The molecule has 3 rings (SSSR count). The number of esters is 1. The SMILES string of the molecule is C[C@@H](OC(=O)c1cc2ccccc2[nH]1)C(=O)Nc1cccc(F)c1. The number of aromatic nitrogens is 1. The highest BCUT2D eigenvalue weighted by Crippen LogP contribution is 2.16. The number of H-pyrrole nitrogens is 1. The van der Waals surface area contributed by atoms with Crippen molar-refractivity contribution in [3.05, 3.63) is 66.1 Å². The van der Waals surface area contributed by atoms with Gasteiger partial charge in [0.25, 0.3) is 5.91 Å². The zero-order valence-corrected chi connectivity index (χ0v) is 12.9. The van der Waals surface area contributed by atoms with Crippen LogP contribution in [0.4, 0.5) is 10.1 Å². The van der Waals surface area contributed by atoms with Crippen LogP contribution < -0.4 is 5.32 Å². The number of carbonyl (C=O) groups is 2. The summed E-state index contributed by atoms with van der Waals surface area (Å²) in [4.78, 5) is 27.1. The molecule has 0 aliphatic carbocycles. The molecule has 0 radical (unpaired) electrons. The number of carbonyl (C=O) groups excluding carboxylic acids is 2. The second kappa shape index (κ2) is 6.54. The van der Waals surface area contributed by atoms with Gasteiger partial charge in [-0.2, -0.15) is 0 Å². The molecule has 24 heavy (non-hydrogen) atoms. The summed E-state index contributed by atoms with van der Waals surface area (Å²) in [5.74, 6) is -1.63. The number of aromatic amines is 1. The molecule has 0 aliphatic heterocycles. The first-order valence-corrected chi connectivity index (χ1v) is 7.38. The molecule has 0 spiro atoms. The number of para-hydroxylation sites is 1. The third kappa shape index (κ3) is 3.43. The maximum absolute atomic E-state index is 13.1. The molecule has 0 aliphatic rings. The Balaban J connectivity index is 1.65. The van der Waals surface area contributed by atoms with Crippen LogP contribution >= 0.6 is 0 Å². The summed E-state index contributed by atoms with van der Waals surface area (Å²) in [5, 5.41) is 3.38. The van der Waals surface area contributed by atoms with Crippen molar-refractivity contribution in [2.45, 2.75) is 13.0 Å². The van der Waals surface area contributed by atoms with Gasteiger partial charge in [-0.1, -0.05) is 24.3 Å². The Morgan fingerprint density at radius 2 is 1.92 bits per heavy atom. The summed E-state index contributed by atoms with van der Waals surface area (Å²) in [7, 11) is 0. The van der Waals surface area contributed by atoms with Crippen molar-refractivity contribution in [3.8, 4) is 0 Å². The van der Waals surface area contributed by atoms with E-state index in [1.54, 1.807) is 12.1 Å². The van der Waals surface area contributed by atoms with E-state index in [-0.39, 0.29) is 5.69 Å². The minimum absolute atomic E-state index is 0.265. The number of ether oxygens (including phenoxy) is 1. The van der Waals surface area contributed by atoms with Gasteiger partial charge in [-0.15, -0.1) is 0 Å². The largest absolute Gasteiger partial charge is 0.448 e. The van der Waals surface area contributed by atoms with Crippen LogP contribution in [0.1, 0.15) is 17.4 Å². The first kappa shape index (κ1) is 15.7. The number of nitrogens with one attached hydrogen (secondary N) is 2. The lowest BCUT2D eigenvalue weighted by Gasteiger charge is -2.13. The molecule has 1 amide bonds. The fourth-order valence-corrected chi connectivity index (χ4v) is 2.27. The molecular formula is C18H15FN2O3. The van der Waals surface area contributed by atoms with E-state index in [9.17, 15) is 14.0 Å². The zero-order valence-electron chi connectivity index (χ0n) is 12.9. The fraction of sp³-hybridized carbons (Fsp3) is 0.111. The summed E-state index contributed by atoms with van der Waals surface area (Å²) in [6.45, 7) is 1.45. The molecule has 6 heteroatoms. The molecule has 122 valence electrons. The Bertz CT molecular complexity index is 871.